The number of aliphatic hydroxyl groups excluding tert-OH is 1. The number of nitrogens with zero attached hydrogens (tertiary/aromatic N) is 3. The first-order valence-corrected chi connectivity index (χ1v) is 14.0. The largest absolute Gasteiger partial charge is 0.395 e. The van der Waals surface area contributed by atoms with Gasteiger partial charge in [-0.25, -0.2) is 0 Å². The van der Waals surface area contributed by atoms with Crippen LogP contribution in [0.25, 0.3) is 11.3 Å². The zero-order valence-corrected chi connectivity index (χ0v) is 23.5. The number of amides is 2. The van der Waals surface area contributed by atoms with Gasteiger partial charge >= 0.3 is 0 Å². The number of nitrogens with one attached hydrogen (secondary N) is 1. The zero-order chi connectivity index (χ0) is 28.3. The molecule has 0 spiro atoms. The lowest BCUT2D eigenvalue weighted by atomic mass is 9.98. The quantitative estimate of drug-likeness (QED) is 0.442. The molecule has 40 heavy (non-hydrogen) atoms. The number of carbonyl (C=O) groups is 2. The van der Waals surface area contributed by atoms with Crippen molar-refractivity contribution in [3.05, 3.63) is 102 Å². The number of hydrogen-bond donors (Lipinski definition) is 2. The fourth-order valence-electron chi connectivity index (χ4n) is 5.63. The van der Waals surface area contributed by atoms with Crippen molar-refractivity contribution in [3.63, 3.8) is 0 Å². The van der Waals surface area contributed by atoms with Gasteiger partial charge in [-0.15, -0.1) is 0 Å². The van der Waals surface area contributed by atoms with E-state index < -0.39 is 11.6 Å². The summed E-state index contributed by atoms with van der Waals surface area (Å²) in [5.74, 6) is -0.405. The highest BCUT2D eigenvalue weighted by atomic mass is 16.3. The molecule has 0 aliphatic carbocycles. The summed E-state index contributed by atoms with van der Waals surface area (Å²) in [4.78, 5) is 34.8. The minimum absolute atomic E-state index is 0.130. The van der Waals surface area contributed by atoms with Crippen LogP contribution in [-0.4, -0.2) is 71.6 Å². The van der Waals surface area contributed by atoms with Crippen LogP contribution in [0.4, 0.5) is 5.69 Å². The fraction of sp³-hybridized carbons (Fsp3) is 0.333. The Morgan fingerprint density at radius 1 is 0.875 bits per heavy atom. The molecular weight excluding hydrogens is 500 g/mol. The van der Waals surface area contributed by atoms with Gasteiger partial charge in [-0.2, -0.15) is 0 Å². The van der Waals surface area contributed by atoms with Crippen molar-refractivity contribution in [1.82, 2.24) is 15.1 Å². The lowest BCUT2D eigenvalue weighted by Crippen LogP contribution is -2.49. The number of benzene rings is 3. The van der Waals surface area contributed by atoms with Gasteiger partial charge in [-0.1, -0.05) is 78.9 Å². The summed E-state index contributed by atoms with van der Waals surface area (Å²) < 4.78 is 0. The van der Waals surface area contributed by atoms with E-state index in [2.05, 4.69) is 15.1 Å². The first-order valence-electron chi connectivity index (χ1n) is 14.0. The van der Waals surface area contributed by atoms with Crippen LogP contribution in [-0.2, 0) is 9.59 Å². The van der Waals surface area contributed by atoms with Gasteiger partial charge in [0.05, 0.1) is 23.6 Å². The molecule has 0 saturated carbocycles. The SMILES string of the molecule is CC(C)(C)NC(=O)C(c1ccccc1)N1C(=O)/C(=C(/c2ccccc2)N2CCN(CCO)CC2)c2ccccc21. The predicted molar refractivity (Wildman–Crippen MR) is 159 cm³/mol. The lowest BCUT2D eigenvalue weighted by Gasteiger charge is -2.38. The van der Waals surface area contributed by atoms with Crippen molar-refractivity contribution >= 4 is 28.8 Å². The Bertz CT molecular complexity index is 1370. The summed E-state index contributed by atoms with van der Waals surface area (Å²) in [6.45, 7) is 9.67. The molecule has 2 N–H and O–H groups in total. The summed E-state index contributed by atoms with van der Waals surface area (Å²) in [7, 11) is 0. The van der Waals surface area contributed by atoms with Crippen LogP contribution >= 0.6 is 0 Å². The van der Waals surface area contributed by atoms with Crippen LogP contribution in [0.3, 0.4) is 0 Å². The lowest BCUT2D eigenvalue weighted by molar-refractivity contribution is -0.126. The average Bonchev–Trinajstić information content (AvgIpc) is 3.22. The van der Waals surface area contributed by atoms with E-state index in [1.54, 1.807) is 4.90 Å². The second-order valence-electron chi connectivity index (χ2n) is 11.4. The number of fused-ring (bicyclic) bond motifs is 1. The Morgan fingerprint density at radius 2 is 1.48 bits per heavy atom. The Morgan fingerprint density at radius 3 is 2.10 bits per heavy atom. The van der Waals surface area contributed by atoms with Gasteiger partial charge in [-0.3, -0.25) is 19.4 Å². The van der Waals surface area contributed by atoms with Gasteiger partial charge in [0.25, 0.3) is 5.91 Å². The highest BCUT2D eigenvalue weighted by molar-refractivity contribution is 6.38. The first-order chi connectivity index (χ1) is 19.3. The number of piperazine rings is 1. The van der Waals surface area contributed by atoms with Crippen molar-refractivity contribution in [3.8, 4) is 0 Å². The van der Waals surface area contributed by atoms with Gasteiger partial charge in [0.15, 0.2) is 0 Å². The van der Waals surface area contributed by atoms with Crippen LogP contribution in [0.5, 0.6) is 0 Å². The normalized spacial score (nSPS) is 17.9. The van der Waals surface area contributed by atoms with Gasteiger partial charge in [0.1, 0.15) is 6.04 Å². The first kappa shape index (κ1) is 27.6. The maximum absolute atomic E-state index is 14.7. The standard InChI is InChI=1S/C33H38N4O3/c1-33(2,3)34-31(39)30(25-14-8-5-9-15-25)37-27-17-11-10-16-26(27)28(32(37)40)29(24-12-6-4-7-13-24)36-20-18-35(19-21-36)22-23-38/h4-17,30,38H,18-23H2,1-3H3,(H,34,39)/b29-28-. The molecule has 1 unspecified atom stereocenters. The van der Waals surface area contributed by atoms with Gasteiger partial charge in [0.2, 0.25) is 5.91 Å². The molecule has 2 aliphatic heterocycles. The third kappa shape index (κ3) is 5.67. The zero-order valence-electron chi connectivity index (χ0n) is 23.5. The monoisotopic (exact) mass is 538 g/mol. The van der Waals surface area contributed by atoms with Crippen molar-refractivity contribution < 1.29 is 14.7 Å². The van der Waals surface area contributed by atoms with Crippen molar-refractivity contribution in [1.29, 1.82) is 0 Å². The molecule has 7 heteroatoms. The van der Waals surface area contributed by atoms with Crippen LogP contribution in [0.2, 0.25) is 0 Å². The van der Waals surface area contributed by atoms with Crippen molar-refractivity contribution in [2.24, 2.45) is 0 Å². The van der Waals surface area contributed by atoms with Crippen LogP contribution in [0, 0.1) is 0 Å². The Hall–Kier alpha value is -3.94. The van der Waals surface area contributed by atoms with Gasteiger partial charge in [0, 0.05) is 43.8 Å². The summed E-state index contributed by atoms with van der Waals surface area (Å²) >= 11 is 0. The molecule has 0 radical (unpaired) electrons. The average molecular weight is 539 g/mol. The van der Waals surface area contributed by atoms with E-state index >= 15 is 0 Å². The number of aliphatic hydroxyl groups is 1. The Balaban J connectivity index is 1.66. The van der Waals surface area contributed by atoms with Crippen LogP contribution < -0.4 is 10.2 Å². The number of carbonyl (C=O) groups excluding carboxylic acids is 2. The summed E-state index contributed by atoms with van der Waals surface area (Å²) in [5.41, 5.74) is 4.31. The molecule has 208 valence electrons. The molecule has 2 heterocycles. The Labute approximate surface area is 236 Å². The number of anilines is 1. The smallest absolute Gasteiger partial charge is 0.262 e. The molecule has 3 aromatic carbocycles. The number of β-amino-alcohol motifs (C(OH)–C–C–N with tert-alkyl or cyclic N) is 1. The molecule has 0 aromatic heterocycles. The third-order valence-corrected chi connectivity index (χ3v) is 7.37. The minimum atomic E-state index is -0.829. The Kier molecular flexibility index (Phi) is 8.05. The molecule has 5 rings (SSSR count). The summed E-state index contributed by atoms with van der Waals surface area (Å²) in [6.07, 6.45) is 0. The number of rotatable bonds is 7. The van der Waals surface area contributed by atoms with E-state index in [1.165, 1.54) is 0 Å². The van der Waals surface area contributed by atoms with Crippen LogP contribution in [0.1, 0.15) is 43.5 Å². The molecule has 1 saturated heterocycles. The van der Waals surface area contributed by atoms with Gasteiger partial charge in [-0.05, 0) is 38.0 Å². The van der Waals surface area contributed by atoms with Crippen molar-refractivity contribution in [2.45, 2.75) is 32.4 Å². The molecule has 0 bridgehead atoms. The van der Waals surface area contributed by atoms with E-state index in [4.69, 9.17) is 0 Å². The fourth-order valence-corrected chi connectivity index (χ4v) is 5.63. The van der Waals surface area contributed by atoms with E-state index in [1.807, 2.05) is 106 Å². The molecule has 3 aromatic rings. The molecule has 1 atom stereocenters. The number of hydrogen-bond acceptors (Lipinski definition) is 5. The van der Waals surface area contributed by atoms with Gasteiger partial charge < -0.3 is 15.3 Å². The topological polar surface area (TPSA) is 76.1 Å². The highest BCUT2D eigenvalue weighted by Gasteiger charge is 2.43. The summed E-state index contributed by atoms with van der Waals surface area (Å²) in [5, 5.41) is 12.5. The number of para-hydroxylation sites is 1. The second-order valence-corrected chi connectivity index (χ2v) is 11.4. The molecular formula is C33H38N4O3. The van der Waals surface area contributed by atoms with E-state index in [9.17, 15) is 14.7 Å². The van der Waals surface area contributed by atoms with E-state index in [-0.39, 0.29) is 18.4 Å². The van der Waals surface area contributed by atoms with Crippen molar-refractivity contribution in [2.75, 3.05) is 44.2 Å². The van der Waals surface area contributed by atoms with E-state index in [0.717, 1.165) is 54.3 Å². The highest BCUT2D eigenvalue weighted by Crippen LogP contribution is 2.45. The molecule has 7 nitrogen and oxygen atoms in total. The predicted octanol–water partition coefficient (Wildman–Crippen LogP) is 4.17. The minimum Gasteiger partial charge on any atom is -0.395 e. The molecule has 2 amide bonds. The second kappa shape index (κ2) is 11.7. The van der Waals surface area contributed by atoms with Crippen LogP contribution in [0.15, 0.2) is 84.9 Å². The molecule has 1 fully saturated rings. The van der Waals surface area contributed by atoms with E-state index in [0.29, 0.717) is 12.1 Å². The maximum Gasteiger partial charge on any atom is 0.262 e. The molecule has 2 aliphatic rings. The summed E-state index contributed by atoms with van der Waals surface area (Å²) in [6, 6.07) is 26.5. The third-order valence-electron chi connectivity index (χ3n) is 7.37. The maximum atomic E-state index is 14.7.